The van der Waals surface area contributed by atoms with Crippen molar-refractivity contribution in [1.82, 2.24) is 0 Å². The molecule has 52 heavy (non-hydrogen) atoms. The quantitative estimate of drug-likeness (QED) is 0.183. The molecule has 0 bridgehead atoms. The maximum absolute atomic E-state index is 12.7. The predicted molar refractivity (Wildman–Crippen MR) is 216 cm³/mol. The molecular formula is C49H36O2P+. The number of para-hydroxylation sites is 1. The second kappa shape index (κ2) is 12.2. The molecule has 7 aromatic rings. The van der Waals surface area contributed by atoms with E-state index in [1.807, 2.05) is 18.2 Å². The van der Waals surface area contributed by atoms with Crippen molar-refractivity contribution in [3.63, 3.8) is 0 Å². The van der Waals surface area contributed by atoms with Crippen LogP contribution in [0.5, 0.6) is 11.5 Å². The Morgan fingerprint density at radius 3 is 1.77 bits per heavy atom. The van der Waals surface area contributed by atoms with Crippen LogP contribution in [0, 0.1) is 0 Å². The van der Waals surface area contributed by atoms with Crippen molar-refractivity contribution < 1.29 is 9.63 Å². The highest BCUT2D eigenvalue weighted by Crippen LogP contribution is 2.63. The van der Waals surface area contributed by atoms with Gasteiger partial charge in [-0.1, -0.05) is 140 Å². The number of benzene rings is 7. The number of ether oxygens (including phenoxy) is 1. The van der Waals surface area contributed by atoms with Crippen LogP contribution in [0.4, 0.5) is 0 Å². The SMILES string of the molecule is O[P+](C1=CC=CCC1)(c1ccccc1)c1cccc(-c2cccc(-c3ccc4c(c3)Oc3ccccc3C43c4ccccc4-c4ccccc43)c2)c1. The molecule has 2 nitrogen and oxygen atoms in total. The molecule has 1 aliphatic heterocycles. The van der Waals surface area contributed by atoms with Crippen molar-refractivity contribution in [2.75, 3.05) is 0 Å². The molecule has 0 fully saturated rings. The van der Waals surface area contributed by atoms with Crippen molar-refractivity contribution in [2.45, 2.75) is 18.3 Å². The zero-order valence-corrected chi connectivity index (χ0v) is 29.5. The Bertz CT molecular complexity index is 2540. The molecule has 3 heteroatoms. The zero-order valence-electron chi connectivity index (χ0n) is 28.6. The standard InChI is InChI=1S/C49H36O2P/c50-52(38-18-3-1-4-19-38,39-20-5-2-6-21-39)40-22-14-17-36(32-40)34-15-13-16-35(31-34)37-29-30-46-48(33-37)51-47-28-12-11-27-45(47)49(46)43-25-9-7-23-41(43)42-24-8-10-26-44(42)49/h1-5,7-20,22-33,50H,6,21H2/q+1. The fraction of sp³-hybridized carbons (Fsp3) is 0.0612. The van der Waals surface area contributed by atoms with Gasteiger partial charge in [0.15, 0.2) is 0 Å². The minimum atomic E-state index is -2.77. The van der Waals surface area contributed by atoms with Gasteiger partial charge in [0.1, 0.15) is 27.4 Å². The first-order valence-corrected chi connectivity index (χ1v) is 19.8. The molecule has 1 unspecified atom stereocenters. The highest BCUT2D eigenvalue weighted by Gasteiger charge is 2.51. The largest absolute Gasteiger partial charge is 0.457 e. The average molecular weight is 688 g/mol. The Labute approximate surface area is 305 Å². The van der Waals surface area contributed by atoms with E-state index in [0.29, 0.717) is 0 Å². The summed E-state index contributed by atoms with van der Waals surface area (Å²) in [4.78, 5) is 12.7. The number of fused-ring (bicyclic) bond motifs is 9. The summed E-state index contributed by atoms with van der Waals surface area (Å²) in [5.74, 6) is 1.77. The van der Waals surface area contributed by atoms with Crippen molar-refractivity contribution in [3.05, 3.63) is 216 Å². The van der Waals surface area contributed by atoms with Crippen molar-refractivity contribution in [1.29, 1.82) is 0 Å². The minimum absolute atomic E-state index is 0.472. The summed E-state index contributed by atoms with van der Waals surface area (Å²) in [6.45, 7) is 0. The molecule has 2 aliphatic carbocycles. The van der Waals surface area contributed by atoms with Crippen LogP contribution >= 0.6 is 7.49 Å². The number of allylic oxidation sites excluding steroid dienone is 4. The molecule has 1 atom stereocenters. The van der Waals surface area contributed by atoms with E-state index in [-0.39, 0.29) is 0 Å². The van der Waals surface area contributed by atoms with E-state index in [9.17, 15) is 4.89 Å². The van der Waals surface area contributed by atoms with Gasteiger partial charge in [-0.05, 0) is 99.5 Å². The van der Waals surface area contributed by atoms with Crippen LogP contribution in [0.1, 0.15) is 35.1 Å². The monoisotopic (exact) mass is 687 g/mol. The summed E-state index contributed by atoms with van der Waals surface area (Å²) in [5.41, 5.74) is 11.4. The van der Waals surface area contributed by atoms with Gasteiger partial charge >= 0.3 is 0 Å². The Morgan fingerprint density at radius 2 is 1.06 bits per heavy atom. The van der Waals surface area contributed by atoms with Crippen molar-refractivity contribution >= 4 is 18.1 Å². The van der Waals surface area contributed by atoms with E-state index < -0.39 is 12.9 Å². The minimum Gasteiger partial charge on any atom is -0.457 e. The lowest BCUT2D eigenvalue weighted by molar-refractivity contribution is 0.436. The van der Waals surface area contributed by atoms with E-state index >= 15 is 0 Å². The summed E-state index contributed by atoms with van der Waals surface area (Å²) in [6.07, 6.45) is 8.20. The van der Waals surface area contributed by atoms with Crippen LogP contribution < -0.4 is 15.3 Å². The molecule has 0 radical (unpaired) electrons. The van der Waals surface area contributed by atoms with E-state index in [1.54, 1.807) is 0 Å². The van der Waals surface area contributed by atoms with Crippen molar-refractivity contribution in [3.8, 4) is 44.9 Å². The first-order valence-electron chi connectivity index (χ1n) is 18.0. The average Bonchev–Trinajstić information content (AvgIpc) is 3.52. The third-order valence-corrected chi connectivity index (χ3v) is 14.4. The van der Waals surface area contributed by atoms with Gasteiger partial charge in [-0.2, -0.15) is 0 Å². The maximum Gasteiger partial charge on any atom is 0.234 e. The fourth-order valence-corrected chi connectivity index (χ4v) is 11.7. The topological polar surface area (TPSA) is 29.5 Å². The molecule has 0 aromatic heterocycles. The molecule has 0 saturated heterocycles. The molecular weight excluding hydrogens is 652 g/mol. The summed E-state index contributed by atoms with van der Waals surface area (Å²) >= 11 is 0. The molecule has 3 aliphatic rings. The summed E-state index contributed by atoms with van der Waals surface area (Å²) in [6, 6.07) is 60.4. The van der Waals surface area contributed by atoms with Crippen molar-refractivity contribution in [2.24, 2.45) is 0 Å². The Balaban J connectivity index is 1.08. The second-order valence-corrected chi connectivity index (χ2v) is 16.8. The molecule has 248 valence electrons. The van der Waals surface area contributed by atoms with Gasteiger partial charge in [0, 0.05) is 17.5 Å². The predicted octanol–water partition coefficient (Wildman–Crippen LogP) is 11.6. The first-order chi connectivity index (χ1) is 25.7. The van der Waals surface area contributed by atoms with E-state index in [2.05, 4.69) is 170 Å². The van der Waals surface area contributed by atoms with Crippen LogP contribution in [0.2, 0.25) is 0 Å². The van der Waals surface area contributed by atoms with Gasteiger partial charge in [-0.25, -0.2) is 4.89 Å². The fourth-order valence-electron chi connectivity index (χ4n) is 8.79. The number of rotatable bonds is 5. The van der Waals surface area contributed by atoms with Crippen LogP contribution in [0.15, 0.2) is 193 Å². The molecule has 1 N–H and O–H groups in total. The first kappa shape index (κ1) is 31.0. The Kier molecular flexibility index (Phi) is 7.25. The highest BCUT2D eigenvalue weighted by atomic mass is 31.2. The molecule has 0 amide bonds. The molecule has 0 saturated carbocycles. The van der Waals surface area contributed by atoms with Gasteiger partial charge in [0.05, 0.1) is 5.41 Å². The van der Waals surface area contributed by atoms with Crippen LogP contribution in [0.25, 0.3) is 33.4 Å². The third-order valence-electron chi connectivity index (χ3n) is 11.1. The smallest absolute Gasteiger partial charge is 0.234 e. The van der Waals surface area contributed by atoms with Gasteiger partial charge in [0.2, 0.25) is 7.49 Å². The normalized spacial score (nSPS) is 15.8. The van der Waals surface area contributed by atoms with Crippen LogP contribution in [-0.2, 0) is 5.41 Å². The molecule has 1 spiro atoms. The molecule has 10 rings (SSSR count). The Hall–Kier alpha value is -5.79. The summed E-state index contributed by atoms with van der Waals surface area (Å²) < 4.78 is 6.79. The number of hydrogen-bond acceptors (Lipinski definition) is 2. The van der Waals surface area contributed by atoms with Crippen LogP contribution in [0.3, 0.4) is 0 Å². The lowest BCUT2D eigenvalue weighted by Gasteiger charge is -2.39. The van der Waals surface area contributed by atoms with Crippen LogP contribution in [-0.4, -0.2) is 4.89 Å². The maximum atomic E-state index is 12.7. The molecule has 7 aromatic carbocycles. The highest BCUT2D eigenvalue weighted by molar-refractivity contribution is 7.88. The Morgan fingerprint density at radius 1 is 0.481 bits per heavy atom. The second-order valence-electron chi connectivity index (χ2n) is 13.9. The van der Waals surface area contributed by atoms with Gasteiger partial charge in [-0.15, -0.1) is 0 Å². The molecule has 1 heterocycles. The van der Waals surface area contributed by atoms with Gasteiger partial charge < -0.3 is 4.74 Å². The van der Waals surface area contributed by atoms with E-state index in [1.165, 1.54) is 27.8 Å². The zero-order chi connectivity index (χ0) is 34.7. The van der Waals surface area contributed by atoms with E-state index in [0.717, 1.165) is 68.1 Å². The lowest BCUT2D eigenvalue weighted by atomic mass is 9.66. The third kappa shape index (κ3) is 4.58. The van der Waals surface area contributed by atoms with E-state index in [4.69, 9.17) is 4.74 Å². The summed E-state index contributed by atoms with van der Waals surface area (Å²) in [5, 5.41) is 3.09. The summed E-state index contributed by atoms with van der Waals surface area (Å²) in [7, 11) is -2.77. The lowest BCUT2D eigenvalue weighted by Crippen LogP contribution is -2.32. The van der Waals surface area contributed by atoms with Gasteiger partial charge in [-0.3, -0.25) is 0 Å². The number of hydrogen-bond donors (Lipinski definition) is 1. The van der Waals surface area contributed by atoms with Gasteiger partial charge in [0.25, 0.3) is 0 Å².